The Kier molecular flexibility index (Phi) is 6.25. The lowest BCUT2D eigenvalue weighted by Crippen LogP contribution is -2.44. The Morgan fingerprint density at radius 3 is 2.64 bits per heavy atom. The number of hydrogen-bond acceptors (Lipinski definition) is 4. The van der Waals surface area contributed by atoms with E-state index in [1.165, 1.54) is 42.6 Å². The number of amides is 1. The third kappa shape index (κ3) is 4.64. The molecule has 1 aliphatic rings. The van der Waals surface area contributed by atoms with Gasteiger partial charge in [-0.15, -0.1) is 0 Å². The van der Waals surface area contributed by atoms with Gasteiger partial charge in [0.2, 0.25) is 5.43 Å². The molecule has 0 spiro atoms. The zero-order chi connectivity index (χ0) is 23.8. The van der Waals surface area contributed by atoms with E-state index in [2.05, 4.69) is 28.9 Å². The summed E-state index contributed by atoms with van der Waals surface area (Å²) < 4.78 is 41.7. The number of H-pyrrole nitrogens is 1. The highest BCUT2D eigenvalue weighted by molar-refractivity contribution is 7.92. The van der Waals surface area contributed by atoms with E-state index in [1.54, 1.807) is 0 Å². The maximum absolute atomic E-state index is 13.9. The summed E-state index contributed by atoms with van der Waals surface area (Å²) in [5.74, 6) is -0.427. The molecule has 0 bridgehead atoms. The van der Waals surface area contributed by atoms with E-state index in [1.807, 2.05) is 0 Å². The molecule has 4 rings (SSSR count). The molecular formula is C24H26FN3O4S. The standard InChI is InChI=1S/C24H26FN3O4S/c1-14-6-5-9-20(15(14)2)27-24(30)18-13-26-21-11-10-16(12-17(21)23(18)29)33(31,32)28-22-8-4-3-7-19(22)25/h3-4,7-8,10-15,20,28H,5-6,9H2,1-2H3,(H,26,29)(H,27,30). The van der Waals surface area contributed by atoms with Crippen LogP contribution in [0.25, 0.3) is 10.9 Å². The molecule has 9 heteroatoms. The molecule has 1 saturated carbocycles. The first kappa shape index (κ1) is 23.0. The summed E-state index contributed by atoms with van der Waals surface area (Å²) in [4.78, 5) is 28.7. The number of rotatable bonds is 5. The highest BCUT2D eigenvalue weighted by atomic mass is 32.2. The Balaban J connectivity index is 1.65. The predicted molar refractivity (Wildman–Crippen MR) is 125 cm³/mol. The van der Waals surface area contributed by atoms with E-state index in [-0.39, 0.29) is 27.6 Å². The van der Waals surface area contributed by atoms with Crippen LogP contribution in [0.4, 0.5) is 10.1 Å². The molecule has 1 fully saturated rings. The van der Waals surface area contributed by atoms with Gasteiger partial charge in [-0.25, -0.2) is 12.8 Å². The summed E-state index contributed by atoms with van der Waals surface area (Å²) in [5.41, 5.74) is -0.457. The molecule has 1 aromatic heterocycles. The Hall–Kier alpha value is -3.20. The van der Waals surface area contributed by atoms with Crippen molar-refractivity contribution in [1.29, 1.82) is 0 Å². The normalized spacial score (nSPS) is 21.0. The van der Waals surface area contributed by atoms with E-state index in [4.69, 9.17) is 0 Å². The van der Waals surface area contributed by atoms with Crippen LogP contribution in [-0.2, 0) is 10.0 Å². The third-order valence-electron chi connectivity index (χ3n) is 6.55. The van der Waals surface area contributed by atoms with Gasteiger partial charge in [0.1, 0.15) is 11.4 Å². The largest absolute Gasteiger partial charge is 0.360 e. The molecule has 3 unspecified atom stereocenters. The van der Waals surface area contributed by atoms with E-state index in [0.29, 0.717) is 17.4 Å². The van der Waals surface area contributed by atoms with Crippen molar-refractivity contribution < 1.29 is 17.6 Å². The van der Waals surface area contributed by atoms with Gasteiger partial charge in [0.25, 0.3) is 15.9 Å². The predicted octanol–water partition coefficient (Wildman–Crippen LogP) is 4.02. The fraction of sp³-hybridized carbons (Fsp3) is 0.333. The second kappa shape index (κ2) is 8.97. The molecule has 7 nitrogen and oxygen atoms in total. The molecule has 33 heavy (non-hydrogen) atoms. The van der Waals surface area contributed by atoms with E-state index in [0.717, 1.165) is 25.3 Å². The van der Waals surface area contributed by atoms with Crippen LogP contribution >= 0.6 is 0 Å². The van der Waals surface area contributed by atoms with Gasteiger partial charge in [-0.1, -0.05) is 38.8 Å². The van der Waals surface area contributed by atoms with Crippen molar-refractivity contribution in [3.63, 3.8) is 0 Å². The van der Waals surface area contributed by atoms with Crippen molar-refractivity contribution in [3.05, 3.63) is 70.3 Å². The minimum atomic E-state index is -4.16. The summed E-state index contributed by atoms with van der Waals surface area (Å²) in [7, 11) is -4.16. The zero-order valence-corrected chi connectivity index (χ0v) is 19.2. The maximum Gasteiger partial charge on any atom is 0.262 e. The number of pyridine rings is 1. The van der Waals surface area contributed by atoms with Crippen molar-refractivity contribution in [2.75, 3.05) is 4.72 Å². The van der Waals surface area contributed by atoms with Gasteiger partial charge < -0.3 is 10.3 Å². The molecule has 174 valence electrons. The summed E-state index contributed by atoms with van der Waals surface area (Å²) in [6, 6.07) is 9.32. The van der Waals surface area contributed by atoms with Crippen LogP contribution in [0.5, 0.6) is 0 Å². The number of anilines is 1. The fourth-order valence-corrected chi connectivity index (χ4v) is 5.41. The topological polar surface area (TPSA) is 108 Å². The Morgan fingerprint density at radius 2 is 1.88 bits per heavy atom. The molecule has 2 aromatic carbocycles. The number of aromatic nitrogens is 1. The summed E-state index contributed by atoms with van der Waals surface area (Å²) in [6.07, 6.45) is 4.33. The van der Waals surface area contributed by atoms with Crippen LogP contribution in [-0.4, -0.2) is 25.4 Å². The van der Waals surface area contributed by atoms with E-state index >= 15 is 0 Å². The van der Waals surface area contributed by atoms with Gasteiger partial charge >= 0.3 is 0 Å². The fourth-order valence-electron chi connectivity index (χ4n) is 4.31. The number of aromatic amines is 1. The lowest BCUT2D eigenvalue weighted by molar-refractivity contribution is 0.0890. The van der Waals surface area contributed by atoms with Crippen LogP contribution in [0.15, 0.2) is 58.4 Å². The third-order valence-corrected chi connectivity index (χ3v) is 7.91. The first-order valence-electron chi connectivity index (χ1n) is 10.9. The molecule has 0 aliphatic heterocycles. The first-order chi connectivity index (χ1) is 15.7. The number of fused-ring (bicyclic) bond motifs is 1. The second-order valence-electron chi connectivity index (χ2n) is 8.67. The molecule has 0 saturated heterocycles. The van der Waals surface area contributed by atoms with Crippen molar-refractivity contribution in [2.24, 2.45) is 11.8 Å². The number of nitrogens with one attached hydrogen (secondary N) is 3. The van der Waals surface area contributed by atoms with Crippen molar-refractivity contribution >= 4 is 32.5 Å². The molecule has 3 aromatic rings. The summed E-state index contributed by atoms with van der Waals surface area (Å²) in [5, 5.41) is 3.03. The van der Waals surface area contributed by atoms with Crippen molar-refractivity contribution in [3.8, 4) is 0 Å². The van der Waals surface area contributed by atoms with Crippen LogP contribution in [0.2, 0.25) is 0 Å². The lowest BCUT2D eigenvalue weighted by atomic mass is 9.78. The van der Waals surface area contributed by atoms with Gasteiger partial charge in [0.05, 0.1) is 10.6 Å². The highest BCUT2D eigenvalue weighted by Gasteiger charge is 2.29. The number of sulfonamides is 1. The van der Waals surface area contributed by atoms with Crippen LogP contribution in [0, 0.1) is 17.7 Å². The minimum absolute atomic E-state index is 0.0203. The highest BCUT2D eigenvalue weighted by Crippen LogP contribution is 2.29. The van der Waals surface area contributed by atoms with Crippen LogP contribution in [0.1, 0.15) is 43.5 Å². The van der Waals surface area contributed by atoms with Gasteiger partial charge in [0.15, 0.2) is 0 Å². The SMILES string of the molecule is CC1CCCC(NC(=O)c2c[nH]c3ccc(S(=O)(=O)Nc4ccccc4F)cc3c2=O)C1C. The molecule has 1 aliphatic carbocycles. The quantitative estimate of drug-likeness (QED) is 0.522. The van der Waals surface area contributed by atoms with Crippen molar-refractivity contribution in [1.82, 2.24) is 10.3 Å². The maximum atomic E-state index is 13.9. The van der Waals surface area contributed by atoms with Crippen molar-refractivity contribution in [2.45, 2.75) is 44.0 Å². The Morgan fingerprint density at radius 1 is 1.12 bits per heavy atom. The monoisotopic (exact) mass is 471 g/mol. The van der Waals surface area contributed by atoms with Gasteiger partial charge in [-0.05, 0) is 48.6 Å². The van der Waals surface area contributed by atoms with E-state index < -0.39 is 27.2 Å². The minimum Gasteiger partial charge on any atom is -0.360 e. The molecule has 3 atom stereocenters. The zero-order valence-electron chi connectivity index (χ0n) is 18.4. The lowest BCUT2D eigenvalue weighted by Gasteiger charge is -2.34. The Labute approximate surface area is 191 Å². The molecule has 1 amide bonds. The number of carbonyl (C=O) groups is 1. The van der Waals surface area contributed by atoms with Crippen LogP contribution in [0.3, 0.4) is 0 Å². The van der Waals surface area contributed by atoms with E-state index in [9.17, 15) is 22.4 Å². The number of hydrogen-bond donors (Lipinski definition) is 3. The number of benzene rings is 2. The summed E-state index contributed by atoms with van der Waals surface area (Å²) >= 11 is 0. The Bertz CT molecular complexity index is 1370. The number of para-hydroxylation sites is 1. The smallest absolute Gasteiger partial charge is 0.262 e. The second-order valence-corrected chi connectivity index (χ2v) is 10.4. The molecular weight excluding hydrogens is 445 g/mol. The van der Waals surface area contributed by atoms with Gasteiger partial charge in [-0.2, -0.15) is 0 Å². The molecule has 0 radical (unpaired) electrons. The summed E-state index contributed by atoms with van der Waals surface area (Å²) in [6.45, 7) is 4.25. The number of carbonyl (C=O) groups excluding carboxylic acids is 1. The van der Waals surface area contributed by atoms with Crippen LogP contribution < -0.4 is 15.5 Å². The van der Waals surface area contributed by atoms with Gasteiger partial charge in [-0.3, -0.25) is 14.3 Å². The average molecular weight is 472 g/mol. The average Bonchev–Trinajstić information content (AvgIpc) is 2.78. The molecule has 3 N–H and O–H groups in total. The van der Waals surface area contributed by atoms with Gasteiger partial charge in [0, 0.05) is 23.1 Å². The molecule has 1 heterocycles. The first-order valence-corrected chi connectivity index (χ1v) is 12.4. The number of halogens is 1.